The number of carbonyl (C=O) groups excluding carboxylic acids is 1. The smallest absolute Gasteiger partial charge is 0.304 e. The summed E-state index contributed by atoms with van der Waals surface area (Å²) in [6.45, 7) is 7.02. The molecule has 23 heavy (non-hydrogen) atoms. The van der Waals surface area contributed by atoms with Gasteiger partial charge in [-0.15, -0.1) is 0 Å². The molecule has 0 N–H and O–H groups in total. The minimum atomic E-state index is -0.689. The summed E-state index contributed by atoms with van der Waals surface area (Å²) in [6, 6.07) is 4.51. The first-order chi connectivity index (χ1) is 11.0. The van der Waals surface area contributed by atoms with E-state index in [0.29, 0.717) is 19.0 Å². The van der Waals surface area contributed by atoms with Crippen LogP contribution in [0.15, 0.2) is 24.5 Å². The van der Waals surface area contributed by atoms with Gasteiger partial charge in [0.15, 0.2) is 5.60 Å². The van der Waals surface area contributed by atoms with Crippen LogP contribution in [0.1, 0.15) is 58.1 Å². The maximum Gasteiger partial charge on any atom is 0.304 e. The van der Waals surface area contributed by atoms with Crippen LogP contribution in [-0.4, -0.2) is 34.5 Å². The summed E-state index contributed by atoms with van der Waals surface area (Å²) >= 11 is 0. The molecule has 1 aromatic heterocycles. The van der Waals surface area contributed by atoms with Crippen LogP contribution in [0.5, 0.6) is 0 Å². The van der Waals surface area contributed by atoms with Crippen molar-refractivity contribution in [1.82, 2.24) is 9.88 Å². The summed E-state index contributed by atoms with van der Waals surface area (Å²) in [4.78, 5) is 17.9. The summed E-state index contributed by atoms with van der Waals surface area (Å²) in [5.74, 6) is 6.09. The van der Waals surface area contributed by atoms with Crippen molar-refractivity contribution in [2.75, 3.05) is 13.1 Å². The summed E-state index contributed by atoms with van der Waals surface area (Å²) in [7, 11) is 0. The van der Waals surface area contributed by atoms with E-state index in [1.165, 1.54) is 25.3 Å². The molecule has 4 heteroatoms. The number of piperidine rings is 1. The highest BCUT2D eigenvalue weighted by atomic mass is 16.6. The van der Waals surface area contributed by atoms with E-state index in [0.717, 1.165) is 13.0 Å². The molecule has 0 amide bonds. The molecule has 1 aromatic rings. The Morgan fingerprint density at radius 1 is 1.52 bits per heavy atom. The first-order valence-corrected chi connectivity index (χ1v) is 8.37. The Bertz CT molecular complexity index is 576. The third-order valence-electron chi connectivity index (χ3n) is 4.36. The molecule has 1 unspecified atom stereocenters. The van der Waals surface area contributed by atoms with Crippen LogP contribution in [0, 0.1) is 11.8 Å². The third kappa shape index (κ3) is 5.07. The second-order valence-corrected chi connectivity index (χ2v) is 6.25. The number of aromatic nitrogens is 1. The number of ether oxygens (including phenoxy) is 1. The molecule has 1 saturated heterocycles. The minimum absolute atomic E-state index is 0.283. The molecule has 2 heterocycles. The van der Waals surface area contributed by atoms with Crippen LogP contribution in [0.3, 0.4) is 0 Å². The SMILES string of the molecule is CCC(C)(C#CCN1CCCC[C@H]1c1cccnc1)OC(C)=O. The van der Waals surface area contributed by atoms with Gasteiger partial charge in [-0.25, -0.2) is 0 Å². The second-order valence-electron chi connectivity index (χ2n) is 6.25. The average Bonchev–Trinajstić information content (AvgIpc) is 2.55. The number of rotatable bonds is 4. The van der Waals surface area contributed by atoms with Crippen LogP contribution < -0.4 is 0 Å². The number of likely N-dealkylation sites (tertiary alicyclic amines) is 1. The fraction of sp³-hybridized carbons (Fsp3) is 0.579. The summed E-state index contributed by atoms with van der Waals surface area (Å²) in [5.41, 5.74) is 0.568. The van der Waals surface area contributed by atoms with Gasteiger partial charge in [0.1, 0.15) is 0 Å². The van der Waals surface area contributed by atoms with Gasteiger partial charge in [-0.05, 0) is 44.4 Å². The van der Waals surface area contributed by atoms with E-state index in [9.17, 15) is 4.79 Å². The van der Waals surface area contributed by atoms with Gasteiger partial charge in [-0.3, -0.25) is 14.7 Å². The monoisotopic (exact) mass is 314 g/mol. The van der Waals surface area contributed by atoms with Crippen LogP contribution in [0.2, 0.25) is 0 Å². The summed E-state index contributed by atoms with van der Waals surface area (Å²) < 4.78 is 5.35. The first-order valence-electron chi connectivity index (χ1n) is 8.37. The van der Waals surface area contributed by atoms with Crippen molar-refractivity contribution in [3.63, 3.8) is 0 Å². The zero-order valence-corrected chi connectivity index (χ0v) is 14.3. The Balaban J connectivity index is 2.06. The lowest BCUT2D eigenvalue weighted by atomic mass is 9.96. The number of esters is 1. The van der Waals surface area contributed by atoms with Crippen molar-refractivity contribution in [1.29, 1.82) is 0 Å². The molecule has 0 spiro atoms. The van der Waals surface area contributed by atoms with Crippen LogP contribution in [-0.2, 0) is 9.53 Å². The van der Waals surface area contributed by atoms with E-state index >= 15 is 0 Å². The van der Waals surface area contributed by atoms with Gasteiger partial charge in [-0.2, -0.15) is 0 Å². The predicted molar refractivity (Wildman–Crippen MR) is 90.6 cm³/mol. The Morgan fingerprint density at radius 2 is 2.35 bits per heavy atom. The quantitative estimate of drug-likeness (QED) is 0.631. The molecule has 1 aliphatic rings. The van der Waals surface area contributed by atoms with Crippen molar-refractivity contribution in [3.8, 4) is 11.8 Å². The molecule has 0 aromatic carbocycles. The predicted octanol–water partition coefficient (Wildman–Crippen LogP) is 3.34. The largest absolute Gasteiger partial charge is 0.446 e. The molecule has 124 valence electrons. The Hall–Kier alpha value is -1.86. The zero-order valence-electron chi connectivity index (χ0n) is 14.3. The van der Waals surface area contributed by atoms with Gasteiger partial charge >= 0.3 is 5.97 Å². The van der Waals surface area contributed by atoms with Crippen molar-refractivity contribution < 1.29 is 9.53 Å². The minimum Gasteiger partial charge on any atom is -0.446 e. The van der Waals surface area contributed by atoms with Crippen molar-refractivity contribution >= 4 is 5.97 Å². The Kier molecular flexibility index (Phi) is 6.18. The summed E-state index contributed by atoms with van der Waals surface area (Å²) in [5, 5.41) is 0. The lowest BCUT2D eigenvalue weighted by molar-refractivity contribution is -0.150. The molecular formula is C19H26N2O2. The van der Waals surface area contributed by atoms with Crippen LogP contribution >= 0.6 is 0 Å². The molecule has 2 atom stereocenters. The third-order valence-corrected chi connectivity index (χ3v) is 4.36. The van der Waals surface area contributed by atoms with E-state index in [1.807, 2.05) is 32.3 Å². The van der Waals surface area contributed by atoms with Gasteiger partial charge in [0.2, 0.25) is 0 Å². The topological polar surface area (TPSA) is 42.4 Å². The highest BCUT2D eigenvalue weighted by Gasteiger charge is 2.25. The number of carbonyl (C=O) groups is 1. The van der Waals surface area contributed by atoms with E-state index in [-0.39, 0.29) is 5.97 Å². The highest BCUT2D eigenvalue weighted by Crippen LogP contribution is 2.29. The lowest BCUT2D eigenvalue weighted by Gasteiger charge is -2.34. The van der Waals surface area contributed by atoms with Crippen LogP contribution in [0.4, 0.5) is 0 Å². The van der Waals surface area contributed by atoms with Crippen LogP contribution in [0.25, 0.3) is 0 Å². The zero-order chi connectivity index (χ0) is 16.7. The van der Waals surface area contributed by atoms with Crippen molar-refractivity contribution in [2.24, 2.45) is 0 Å². The second kappa shape index (κ2) is 8.12. The van der Waals surface area contributed by atoms with E-state index in [4.69, 9.17) is 4.74 Å². The molecule has 4 nitrogen and oxygen atoms in total. The van der Waals surface area contributed by atoms with E-state index in [1.54, 1.807) is 0 Å². The molecule has 1 aliphatic heterocycles. The van der Waals surface area contributed by atoms with E-state index in [2.05, 4.69) is 27.8 Å². The first kappa shape index (κ1) is 17.5. The standard InChI is InChI=1S/C19H26N2O2/c1-4-19(3,23-16(2)22)11-8-14-21-13-6-5-10-18(21)17-9-7-12-20-15-17/h7,9,12,15,18H,4-6,10,13-14H2,1-3H3/t18-,19?/m0/s1. The van der Waals surface area contributed by atoms with Crippen molar-refractivity contribution in [2.45, 2.75) is 58.1 Å². The normalized spacial score (nSPS) is 20.9. The number of pyridine rings is 1. The number of nitrogens with zero attached hydrogens (tertiary/aromatic N) is 2. The molecule has 0 bridgehead atoms. The fourth-order valence-corrected chi connectivity index (χ4v) is 2.96. The maximum absolute atomic E-state index is 11.2. The van der Waals surface area contributed by atoms with Gasteiger partial charge in [0.25, 0.3) is 0 Å². The molecule has 2 rings (SSSR count). The van der Waals surface area contributed by atoms with Crippen molar-refractivity contribution in [3.05, 3.63) is 30.1 Å². The van der Waals surface area contributed by atoms with Gasteiger partial charge in [0, 0.05) is 25.4 Å². The number of hydrogen-bond donors (Lipinski definition) is 0. The Morgan fingerprint density at radius 3 is 3.00 bits per heavy atom. The molecule has 0 aliphatic carbocycles. The summed E-state index contributed by atoms with van der Waals surface area (Å²) in [6.07, 6.45) is 8.03. The number of hydrogen-bond acceptors (Lipinski definition) is 4. The molecule has 0 saturated carbocycles. The molecule has 0 radical (unpaired) electrons. The molecular weight excluding hydrogens is 288 g/mol. The fourth-order valence-electron chi connectivity index (χ4n) is 2.96. The molecule has 1 fully saturated rings. The van der Waals surface area contributed by atoms with Gasteiger partial charge < -0.3 is 4.74 Å². The Labute approximate surface area is 139 Å². The van der Waals surface area contributed by atoms with Gasteiger partial charge in [0.05, 0.1) is 6.54 Å². The van der Waals surface area contributed by atoms with E-state index < -0.39 is 5.60 Å². The van der Waals surface area contributed by atoms with Gasteiger partial charge in [-0.1, -0.05) is 31.3 Å². The maximum atomic E-state index is 11.2. The highest BCUT2D eigenvalue weighted by molar-refractivity contribution is 5.67. The lowest BCUT2D eigenvalue weighted by Crippen LogP contribution is -2.34. The average molecular weight is 314 g/mol.